The van der Waals surface area contributed by atoms with Crippen molar-refractivity contribution < 1.29 is 23.2 Å². The van der Waals surface area contributed by atoms with Gasteiger partial charge in [0.1, 0.15) is 10.7 Å². The lowest BCUT2D eigenvalue weighted by atomic mass is 9.87. The smallest absolute Gasteiger partial charge is 0.274 e. The maximum atomic E-state index is 13.7. The van der Waals surface area contributed by atoms with Gasteiger partial charge in [-0.1, -0.05) is 74.2 Å². The van der Waals surface area contributed by atoms with Crippen molar-refractivity contribution in [2.24, 2.45) is 0 Å². The van der Waals surface area contributed by atoms with E-state index in [9.17, 15) is 18.0 Å². The quantitative estimate of drug-likeness (QED) is 0.173. The van der Waals surface area contributed by atoms with Crippen LogP contribution in [-0.2, 0) is 36.0 Å². The van der Waals surface area contributed by atoms with Crippen LogP contribution in [0.3, 0.4) is 0 Å². The molecule has 1 unspecified atom stereocenters. The van der Waals surface area contributed by atoms with Crippen LogP contribution >= 0.6 is 0 Å². The number of hydrogen-bond donors (Lipinski definition) is 4. The van der Waals surface area contributed by atoms with Gasteiger partial charge in [-0.25, -0.2) is 13.9 Å². The summed E-state index contributed by atoms with van der Waals surface area (Å²) in [4.78, 5) is 27.6. The number of nitrogens with one attached hydrogen (secondary N) is 3. The van der Waals surface area contributed by atoms with Crippen LogP contribution in [0.25, 0.3) is 0 Å². The third kappa shape index (κ3) is 6.91. The monoisotopic (exact) mass is 574 g/mol. The molecule has 4 N–H and O–H groups in total. The van der Waals surface area contributed by atoms with Gasteiger partial charge in [0.05, 0.1) is 0 Å². The number of sulfonamides is 1. The summed E-state index contributed by atoms with van der Waals surface area (Å²) < 4.78 is 28.8. The van der Waals surface area contributed by atoms with Crippen molar-refractivity contribution >= 4 is 21.8 Å². The molecule has 0 fully saturated rings. The van der Waals surface area contributed by atoms with Crippen LogP contribution in [0.1, 0.15) is 56.9 Å². The van der Waals surface area contributed by atoms with Crippen LogP contribution in [0, 0.1) is 0 Å². The summed E-state index contributed by atoms with van der Waals surface area (Å²) in [6, 6.07) is 26.7. The largest absolute Gasteiger partial charge is 0.348 e. The zero-order chi connectivity index (χ0) is 28.1. The SMILES string of the molecule is C.O=C(NO)c1ccc2c(c1)CCC(NC(=O)c1ccc(S(=O)(=O)N(Cc3ccccc3)Cc3ccccc3)[nH]1)C2. The number of carbonyl (C=O) groups is 2. The van der Waals surface area contributed by atoms with Gasteiger partial charge in [0.2, 0.25) is 0 Å². The molecule has 1 aromatic heterocycles. The molecule has 0 aliphatic heterocycles. The van der Waals surface area contributed by atoms with Crippen molar-refractivity contribution in [2.75, 3.05) is 0 Å². The molecule has 0 saturated carbocycles. The van der Waals surface area contributed by atoms with Crippen LogP contribution in [0.5, 0.6) is 0 Å². The third-order valence-electron chi connectivity index (χ3n) is 7.06. The number of hydrogen-bond acceptors (Lipinski definition) is 5. The molecule has 0 bridgehead atoms. The lowest BCUT2D eigenvalue weighted by Gasteiger charge is -2.25. The molecule has 5 rings (SSSR count). The number of aromatic nitrogens is 1. The fourth-order valence-corrected chi connectivity index (χ4v) is 6.34. The maximum absolute atomic E-state index is 13.7. The molecule has 214 valence electrons. The zero-order valence-electron chi connectivity index (χ0n) is 21.7. The standard InChI is InChI=1S/C30H30N4O5S.CH4/c35-29(33-37)25-12-11-24-18-26(14-13-23(24)17-25)31-30(36)27-15-16-28(32-27)40(38,39)34(19-21-7-3-1-4-8-21)20-22-9-5-2-6-10-22;/h1-12,15-17,26,32,37H,13-14,18-20H2,(H,31,36)(H,33,35);1H4. The molecule has 9 nitrogen and oxygen atoms in total. The molecule has 1 aliphatic rings. The van der Waals surface area contributed by atoms with E-state index in [-0.39, 0.29) is 43.2 Å². The number of H-pyrrole nitrogens is 1. The van der Waals surface area contributed by atoms with Gasteiger partial charge in [-0.15, -0.1) is 0 Å². The van der Waals surface area contributed by atoms with Gasteiger partial charge in [-0.2, -0.15) is 4.31 Å². The Bertz CT molecular complexity index is 1560. The lowest BCUT2D eigenvalue weighted by Crippen LogP contribution is -2.39. The first-order valence-electron chi connectivity index (χ1n) is 13.0. The molecule has 1 aliphatic carbocycles. The van der Waals surface area contributed by atoms with Gasteiger partial charge in [-0.05, 0) is 65.8 Å². The average molecular weight is 575 g/mol. The lowest BCUT2D eigenvalue weighted by molar-refractivity contribution is 0.0706. The Balaban J connectivity index is 0.00000387. The van der Waals surface area contributed by atoms with Gasteiger partial charge in [0, 0.05) is 24.7 Å². The minimum absolute atomic E-state index is 0. The first-order valence-corrected chi connectivity index (χ1v) is 14.4. The summed E-state index contributed by atoms with van der Waals surface area (Å²) in [7, 11) is -3.95. The van der Waals surface area contributed by atoms with E-state index in [1.807, 2.05) is 66.7 Å². The van der Waals surface area contributed by atoms with Gasteiger partial charge in [0.25, 0.3) is 21.8 Å². The number of amides is 2. The van der Waals surface area contributed by atoms with Crippen molar-refractivity contribution in [3.05, 3.63) is 125 Å². The van der Waals surface area contributed by atoms with Gasteiger partial charge in [-0.3, -0.25) is 14.8 Å². The summed E-state index contributed by atoms with van der Waals surface area (Å²) in [6.07, 6.45) is 1.90. The first-order chi connectivity index (χ1) is 19.3. The Labute approximate surface area is 240 Å². The molecule has 4 aromatic rings. The van der Waals surface area contributed by atoms with E-state index < -0.39 is 15.9 Å². The highest BCUT2D eigenvalue weighted by molar-refractivity contribution is 7.89. The number of nitrogens with zero attached hydrogens (tertiary/aromatic N) is 1. The number of aryl methyl sites for hydroxylation is 1. The normalized spacial score (nSPS) is 14.5. The molecular formula is C31H34N4O5S. The van der Waals surface area contributed by atoms with Gasteiger partial charge >= 0.3 is 0 Å². The van der Waals surface area contributed by atoms with Crippen molar-refractivity contribution in [3.63, 3.8) is 0 Å². The van der Waals surface area contributed by atoms with Crippen molar-refractivity contribution in [2.45, 2.75) is 50.8 Å². The number of hydroxylamine groups is 1. The zero-order valence-corrected chi connectivity index (χ0v) is 22.5. The van der Waals surface area contributed by atoms with E-state index in [4.69, 9.17) is 5.21 Å². The van der Waals surface area contributed by atoms with Crippen molar-refractivity contribution in [1.82, 2.24) is 20.1 Å². The highest BCUT2D eigenvalue weighted by Crippen LogP contribution is 2.24. The van der Waals surface area contributed by atoms with Gasteiger partial charge in [0.15, 0.2) is 0 Å². The van der Waals surface area contributed by atoms with Crippen LogP contribution < -0.4 is 10.8 Å². The third-order valence-corrected chi connectivity index (χ3v) is 8.79. The number of rotatable bonds is 9. The summed E-state index contributed by atoms with van der Waals surface area (Å²) in [5.41, 5.74) is 5.90. The van der Waals surface area contributed by atoms with E-state index in [1.165, 1.54) is 16.4 Å². The molecule has 0 radical (unpaired) electrons. The van der Waals surface area contributed by atoms with Crippen LogP contribution in [0.15, 0.2) is 96.0 Å². The molecule has 0 spiro atoms. The fourth-order valence-electron chi connectivity index (χ4n) is 4.94. The Hall–Kier alpha value is -4.25. The summed E-state index contributed by atoms with van der Waals surface area (Å²) in [5.74, 6) is -0.953. The molecule has 0 saturated heterocycles. The number of benzene rings is 3. The highest BCUT2D eigenvalue weighted by Gasteiger charge is 2.28. The first kappa shape index (κ1) is 29.7. The van der Waals surface area contributed by atoms with E-state index >= 15 is 0 Å². The predicted octanol–water partition coefficient (Wildman–Crippen LogP) is 4.45. The molecule has 2 amide bonds. The summed E-state index contributed by atoms with van der Waals surface area (Å²) >= 11 is 0. The van der Waals surface area contributed by atoms with E-state index in [0.717, 1.165) is 22.3 Å². The second-order valence-corrected chi connectivity index (χ2v) is 11.7. The molecule has 1 atom stereocenters. The highest BCUT2D eigenvalue weighted by atomic mass is 32.2. The van der Waals surface area contributed by atoms with Crippen molar-refractivity contribution in [3.8, 4) is 0 Å². The average Bonchev–Trinajstić information content (AvgIpc) is 3.49. The maximum Gasteiger partial charge on any atom is 0.274 e. The molecule has 41 heavy (non-hydrogen) atoms. The molecular weight excluding hydrogens is 540 g/mol. The fraction of sp³-hybridized carbons (Fsp3) is 0.226. The number of fused-ring (bicyclic) bond motifs is 1. The van der Waals surface area contributed by atoms with E-state index in [0.29, 0.717) is 24.8 Å². The molecule has 1 heterocycles. The van der Waals surface area contributed by atoms with Gasteiger partial charge < -0.3 is 10.3 Å². The summed E-state index contributed by atoms with van der Waals surface area (Å²) in [6.45, 7) is 0.365. The number of carbonyl (C=O) groups excluding carboxylic acids is 2. The van der Waals surface area contributed by atoms with Crippen LogP contribution in [0.4, 0.5) is 0 Å². The minimum atomic E-state index is -3.95. The van der Waals surface area contributed by atoms with Crippen LogP contribution in [-0.4, -0.2) is 40.8 Å². The Morgan fingerprint density at radius 3 is 2.10 bits per heavy atom. The Morgan fingerprint density at radius 2 is 1.49 bits per heavy atom. The predicted molar refractivity (Wildman–Crippen MR) is 156 cm³/mol. The summed E-state index contributed by atoms with van der Waals surface area (Å²) in [5, 5.41) is 11.8. The van der Waals surface area contributed by atoms with E-state index in [1.54, 1.807) is 17.6 Å². The second-order valence-electron chi connectivity index (χ2n) is 9.82. The second kappa shape index (κ2) is 12.9. The molecule has 3 aromatic carbocycles. The minimum Gasteiger partial charge on any atom is -0.348 e. The van der Waals surface area contributed by atoms with E-state index in [2.05, 4.69) is 10.3 Å². The van der Waals surface area contributed by atoms with Crippen molar-refractivity contribution in [1.29, 1.82) is 0 Å². The topological polar surface area (TPSA) is 132 Å². The number of aromatic amines is 1. The Kier molecular flexibility index (Phi) is 9.38. The van der Waals surface area contributed by atoms with Crippen LogP contribution in [0.2, 0.25) is 0 Å². The Morgan fingerprint density at radius 1 is 0.854 bits per heavy atom. The molecule has 10 heteroatoms.